The van der Waals surface area contributed by atoms with Gasteiger partial charge in [-0.3, -0.25) is 19.3 Å². The number of aromatic nitrogens is 1. The topological polar surface area (TPSA) is 88.6 Å². The summed E-state index contributed by atoms with van der Waals surface area (Å²) in [5.41, 5.74) is 2.36. The molecule has 0 radical (unpaired) electrons. The van der Waals surface area contributed by atoms with E-state index in [0.29, 0.717) is 29.1 Å². The van der Waals surface area contributed by atoms with Crippen molar-refractivity contribution in [1.82, 2.24) is 9.88 Å². The summed E-state index contributed by atoms with van der Waals surface area (Å²) in [5, 5.41) is 2.70. The summed E-state index contributed by atoms with van der Waals surface area (Å²) in [6.07, 6.45) is 1.79. The van der Waals surface area contributed by atoms with Crippen LogP contribution in [0, 0.1) is 6.92 Å². The number of rotatable bonds is 6. The van der Waals surface area contributed by atoms with Gasteiger partial charge < -0.3 is 10.1 Å². The van der Waals surface area contributed by atoms with Crippen LogP contribution in [0.1, 0.15) is 46.5 Å². The smallest absolute Gasteiger partial charge is 0.261 e. The van der Waals surface area contributed by atoms with Crippen molar-refractivity contribution in [3.05, 3.63) is 53.2 Å². The van der Waals surface area contributed by atoms with Crippen LogP contribution in [0.15, 0.2) is 36.5 Å². The summed E-state index contributed by atoms with van der Waals surface area (Å²) in [7, 11) is 0. The van der Waals surface area contributed by atoms with E-state index in [1.807, 2.05) is 13.8 Å². The number of hydrogen-bond donors (Lipinski definition) is 1. The Balaban J connectivity index is 1.58. The molecule has 1 aromatic carbocycles. The summed E-state index contributed by atoms with van der Waals surface area (Å²) in [4.78, 5) is 41.3. The lowest BCUT2D eigenvalue weighted by molar-refractivity contribution is -0.114. The zero-order valence-electron chi connectivity index (χ0n) is 15.5. The third kappa shape index (κ3) is 3.97. The van der Waals surface area contributed by atoms with E-state index >= 15 is 0 Å². The molecule has 2 heterocycles. The standard InChI is InChI=1S/C20H21N3O4/c1-12-10-18(21-11-17(12)22-14(3)24)27-13(2)8-9-23-19(25)15-6-4-5-7-16(15)20(23)26/h4-7,10-11,13H,8-9H2,1-3H3,(H,22,24). The maximum atomic E-state index is 12.4. The lowest BCUT2D eigenvalue weighted by Gasteiger charge is -2.19. The number of hydrogen-bond acceptors (Lipinski definition) is 5. The van der Waals surface area contributed by atoms with E-state index in [2.05, 4.69) is 10.3 Å². The van der Waals surface area contributed by atoms with Gasteiger partial charge in [-0.05, 0) is 31.5 Å². The molecule has 3 rings (SSSR count). The molecule has 1 unspecified atom stereocenters. The van der Waals surface area contributed by atoms with Gasteiger partial charge in [0, 0.05) is 26.0 Å². The highest BCUT2D eigenvalue weighted by Crippen LogP contribution is 2.23. The number of carbonyl (C=O) groups excluding carboxylic acids is 3. The third-order valence-corrected chi connectivity index (χ3v) is 4.36. The molecule has 0 spiro atoms. The lowest BCUT2D eigenvalue weighted by atomic mass is 10.1. The molecule has 1 aliphatic rings. The van der Waals surface area contributed by atoms with Crippen molar-refractivity contribution in [2.24, 2.45) is 0 Å². The number of fused-ring (bicyclic) bond motifs is 1. The number of ether oxygens (including phenoxy) is 1. The number of carbonyl (C=O) groups is 3. The summed E-state index contributed by atoms with van der Waals surface area (Å²) >= 11 is 0. The number of anilines is 1. The minimum atomic E-state index is -0.267. The predicted octanol–water partition coefficient (Wildman–Crippen LogP) is 2.80. The van der Waals surface area contributed by atoms with E-state index in [-0.39, 0.29) is 30.4 Å². The Morgan fingerprint density at radius 2 is 1.85 bits per heavy atom. The molecule has 0 fully saturated rings. The Kier molecular flexibility index (Phi) is 5.21. The number of nitrogens with zero attached hydrogens (tertiary/aromatic N) is 2. The van der Waals surface area contributed by atoms with E-state index in [1.165, 1.54) is 11.8 Å². The van der Waals surface area contributed by atoms with Gasteiger partial charge in [0.25, 0.3) is 11.8 Å². The SMILES string of the molecule is CC(=O)Nc1cnc(OC(C)CCN2C(=O)c3ccccc3C2=O)cc1C. The quantitative estimate of drug-likeness (QED) is 0.793. The van der Waals surface area contributed by atoms with Crippen molar-refractivity contribution in [3.63, 3.8) is 0 Å². The Labute approximate surface area is 157 Å². The van der Waals surface area contributed by atoms with Gasteiger partial charge in [-0.15, -0.1) is 0 Å². The first-order chi connectivity index (χ1) is 12.9. The van der Waals surface area contributed by atoms with Crippen molar-refractivity contribution in [3.8, 4) is 5.88 Å². The zero-order chi connectivity index (χ0) is 19.6. The highest BCUT2D eigenvalue weighted by atomic mass is 16.5. The van der Waals surface area contributed by atoms with E-state index in [4.69, 9.17) is 4.74 Å². The molecule has 7 nitrogen and oxygen atoms in total. The highest BCUT2D eigenvalue weighted by Gasteiger charge is 2.34. The van der Waals surface area contributed by atoms with Crippen LogP contribution < -0.4 is 10.1 Å². The van der Waals surface area contributed by atoms with Crippen LogP contribution in [0.25, 0.3) is 0 Å². The zero-order valence-corrected chi connectivity index (χ0v) is 15.5. The number of aryl methyl sites for hydroxylation is 1. The van der Waals surface area contributed by atoms with Crippen molar-refractivity contribution < 1.29 is 19.1 Å². The molecule has 7 heteroatoms. The molecule has 0 saturated carbocycles. The second-order valence-corrected chi connectivity index (χ2v) is 6.54. The minimum Gasteiger partial charge on any atom is -0.475 e. The van der Waals surface area contributed by atoms with Crippen LogP contribution in [0.4, 0.5) is 5.69 Å². The molecule has 1 aliphatic heterocycles. The van der Waals surface area contributed by atoms with Crippen LogP contribution in [-0.2, 0) is 4.79 Å². The summed E-state index contributed by atoms with van der Waals surface area (Å²) in [6, 6.07) is 8.57. The summed E-state index contributed by atoms with van der Waals surface area (Å²) in [5.74, 6) is -0.271. The van der Waals surface area contributed by atoms with Crippen LogP contribution in [0.5, 0.6) is 5.88 Å². The second kappa shape index (κ2) is 7.57. The van der Waals surface area contributed by atoms with Gasteiger partial charge in [-0.1, -0.05) is 12.1 Å². The van der Waals surface area contributed by atoms with Gasteiger partial charge in [-0.25, -0.2) is 4.98 Å². The van der Waals surface area contributed by atoms with E-state index in [1.54, 1.807) is 36.5 Å². The highest BCUT2D eigenvalue weighted by molar-refractivity contribution is 6.21. The second-order valence-electron chi connectivity index (χ2n) is 6.54. The number of benzene rings is 1. The van der Waals surface area contributed by atoms with Gasteiger partial charge >= 0.3 is 0 Å². The predicted molar refractivity (Wildman–Crippen MR) is 99.8 cm³/mol. The first-order valence-electron chi connectivity index (χ1n) is 8.73. The molecule has 140 valence electrons. The number of pyridine rings is 1. The molecule has 0 bridgehead atoms. The Morgan fingerprint density at radius 1 is 1.22 bits per heavy atom. The number of imide groups is 1. The van der Waals surface area contributed by atoms with E-state index < -0.39 is 0 Å². The number of nitrogens with one attached hydrogen (secondary N) is 1. The molecule has 3 amide bonds. The first kappa shape index (κ1) is 18.6. The fourth-order valence-electron chi connectivity index (χ4n) is 2.93. The van der Waals surface area contributed by atoms with Crippen LogP contribution in [-0.4, -0.2) is 40.3 Å². The van der Waals surface area contributed by atoms with Crippen molar-refractivity contribution in [1.29, 1.82) is 0 Å². The average molecular weight is 367 g/mol. The van der Waals surface area contributed by atoms with E-state index in [9.17, 15) is 14.4 Å². The van der Waals surface area contributed by atoms with Crippen molar-refractivity contribution >= 4 is 23.4 Å². The molecular formula is C20H21N3O4. The number of amides is 3. The fraction of sp³-hybridized carbons (Fsp3) is 0.300. The van der Waals surface area contributed by atoms with Gasteiger partial charge in [0.05, 0.1) is 29.1 Å². The van der Waals surface area contributed by atoms with Crippen molar-refractivity contribution in [2.45, 2.75) is 33.3 Å². The monoisotopic (exact) mass is 367 g/mol. The Hall–Kier alpha value is -3.22. The Bertz CT molecular complexity index is 875. The molecule has 0 saturated heterocycles. The maximum absolute atomic E-state index is 12.4. The molecule has 1 atom stereocenters. The van der Waals surface area contributed by atoms with Crippen molar-refractivity contribution in [2.75, 3.05) is 11.9 Å². The molecule has 1 N–H and O–H groups in total. The molecular weight excluding hydrogens is 346 g/mol. The average Bonchev–Trinajstić information content (AvgIpc) is 2.86. The normalized spacial score (nSPS) is 14.1. The fourth-order valence-corrected chi connectivity index (χ4v) is 2.93. The largest absolute Gasteiger partial charge is 0.475 e. The molecule has 0 aliphatic carbocycles. The van der Waals surface area contributed by atoms with Gasteiger partial charge in [-0.2, -0.15) is 0 Å². The molecule has 2 aromatic rings. The third-order valence-electron chi connectivity index (χ3n) is 4.36. The van der Waals surface area contributed by atoms with Crippen LogP contribution >= 0.6 is 0 Å². The van der Waals surface area contributed by atoms with Crippen LogP contribution in [0.2, 0.25) is 0 Å². The first-order valence-corrected chi connectivity index (χ1v) is 8.73. The Morgan fingerprint density at radius 3 is 2.41 bits per heavy atom. The molecule has 27 heavy (non-hydrogen) atoms. The summed E-state index contributed by atoms with van der Waals surface area (Å²) in [6.45, 7) is 5.42. The maximum Gasteiger partial charge on any atom is 0.261 e. The van der Waals surface area contributed by atoms with Gasteiger partial charge in [0.15, 0.2) is 0 Å². The molecule has 1 aromatic heterocycles. The minimum absolute atomic E-state index is 0.164. The van der Waals surface area contributed by atoms with Crippen LogP contribution in [0.3, 0.4) is 0 Å². The lowest BCUT2D eigenvalue weighted by Crippen LogP contribution is -2.33. The van der Waals surface area contributed by atoms with Gasteiger partial charge in [0.2, 0.25) is 11.8 Å². The summed E-state index contributed by atoms with van der Waals surface area (Å²) < 4.78 is 5.79. The van der Waals surface area contributed by atoms with E-state index in [0.717, 1.165) is 5.56 Å². The van der Waals surface area contributed by atoms with Gasteiger partial charge in [0.1, 0.15) is 0 Å².